The van der Waals surface area contributed by atoms with Gasteiger partial charge in [0, 0.05) is 27.8 Å². The molecule has 2 aromatic carbocycles. The van der Waals surface area contributed by atoms with Crippen LogP contribution in [0.1, 0.15) is 42.0 Å². The molecule has 0 saturated carbocycles. The van der Waals surface area contributed by atoms with E-state index in [9.17, 15) is 0 Å². The van der Waals surface area contributed by atoms with Gasteiger partial charge in [-0.05, 0) is 79.9 Å². The van der Waals surface area contributed by atoms with Gasteiger partial charge in [-0.15, -0.1) is 0 Å². The number of likely N-dealkylation sites (tertiary alicyclic amines) is 1. The van der Waals surface area contributed by atoms with Gasteiger partial charge in [-0.1, -0.05) is 47.8 Å². The number of benzene rings is 2. The predicted molar refractivity (Wildman–Crippen MR) is 123 cm³/mol. The Bertz CT molecular complexity index is 1030. The maximum atomic E-state index is 9.17. The number of nitrogens with zero attached hydrogens (tertiary/aromatic N) is 3. The highest BCUT2D eigenvalue weighted by Crippen LogP contribution is 2.33. The summed E-state index contributed by atoms with van der Waals surface area (Å²) in [6, 6.07) is 20.1. The number of halogens is 2. The fourth-order valence-corrected chi connectivity index (χ4v) is 4.76. The first kappa shape index (κ1) is 20.9. The zero-order valence-corrected chi connectivity index (χ0v) is 18.2. The van der Waals surface area contributed by atoms with Gasteiger partial charge < -0.3 is 0 Å². The molecule has 0 spiro atoms. The van der Waals surface area contributed by atoms with Crippen molar-refractivity contribution in [3.63, 3.8) is 0 Å². The fraction of sp³-hybridized carbons (Fsp3) is 0.280. The van der Waals surface area contributed by atoms with Gasteiger partial charge in [0.1, 0.15) is 0 Å². The maximum Gasteiger partial charge on any atom is 0.0991 e. The molecule has 3 nitrogen and oxygen atoms in total. The molecule has 1 unspecified atom stereocenters. The van der Waals surface area contributed by atoms with Crippen LogP contribution in [0.15, 0.2) is 60.8 Å². The van der Waals surface area contributed by atoms with Crippen molar-refractivity contribution in [2.24, 2.45) is 0 Å². The minimum atomic E-state index is 0.232. The molecular formula is C25H23Cl2N3. The van der Waals surface area contributed by atoms with Crippen molar-refractivity contribution < 1.29 is 0 Å². The zero-order chi connectivity index (χ0) is 20.9. The highest BCUT2D eigenvalue weighted by atomic mass is 35.5. The van der Waals surface area contributed by atoms with Crippen molar-refractivity contribution >= 4 is 23.2 Å². The van der Waals surface area contributed by atoms with E-state index >= 15 is 0 Å². The molecule has 1 saturated heterocycles. The normalized spacial score (nSPS) is 15.5. The quantitative estimate of drug-likeness (QED) is 0.447. The molecule has 1 aliphatic heterocycles. The minimum absolute atomic E-state index is 0.232. The molecule has 152 valence electrons. The second-order valence-corrected chi connectivity index (χ2v) is 8.59. The van der Waals surface area contributed by atoms with E-state index in [0.29, 0.717) is 15.6 Å². The Morgan fingerprint density at radius 1 is 0.967 bits per heavy atom. The summed E-state index contributed by atoms with van der Waals surface area (Å²) in [5.74, 6) is 0. The summed E-state index contributed by atoms with van der Waals surface area (Å²) in [7, 11) is 0. The number of piperidine rings is 1. The lowest BCUT2D eigenvalue weighted by Crippen LogP contribution is -2.35. The number of pyridine rings is 1. The van der Waals surface area contributed by atoms with Crippen LogP contribution in [-0.2, 0) is 6.42 Å². The van der Waals surface area contributed by atoms with Gasteiger partial charge >= 0.3 is 0 Å². The third-order valence-electron chi connectivity index (χ3n) is 5.70. The Morgan fingerprint density at radius 2 is 1.67 bits per heavy atom. The van der Waals surface area contributed by atoms with Crippen LogP contribution in [0, 0.1) is 11.3 Å². The van der Waals surface area contributed by atoms with Crippen molar-refractivity contribution in [1.29, 1.82) is 5.26 Å². The summed E-state index contributed by atoms with van der Waals surface area (Å²) in [6.45, 7) is 2.17. The summed E-state index contributed by atoms with van der Waals surface area (Å²) >= 11 is 12.5. The molecule has 2 heterocycles. The van der Waals surface area contributed by atoms with Crippen LogP contribution in [0.3, 0.4) is 0 Å². The molecule has 1 fully saturated rings. The summed E-state index contributed by atoms with van der Waals surface area (Å²) in [5.41, 5.74) is 4.93. The molecule has 1 aliphatic rings. The van der Waals surface area contributed by atoms with Gasteiger partial charge in [-0.25, -0.2) is 0 Å². The first-order chi connectivity index (χ1) is 14.6. The first-order valence-electron chi connectivity index (χ1n) is 10.3. The van der Waals surface area contributed by atoms with Crippen molar-refractivity contribution in [2.45, 2.75) is 31.7 Å². The molecule has 0 aliphatic carbocycles. The average Bonchev–Trinajstić information content (AvgIpc) is 2.78. The smallest absolute Gasteiger partial charge is 0.0991 e. The molecule has 3 aromatic rings. The standard InChI is InChI=1S/C25H23Cl2N3/c26-22-13-21(14-23(27)16-22)25-20(5-4-10-29-25)15-24(30-11-2-1-3-12-30)19-8-6-18(17-28)7-9-19/h4-10,13-14,16,24H,1-3,11-12,15H2. The summed E-state index contributed by atoms with van der Waals surface area (Å²) in [4.78, 5) is 7.23. The highest BCUT2D eigenvalue weighted by Gasteiger charge is 2.24. The van der Waals surface area contributed by atoms with Gasteiger partial charge in [0.05, 0.1) is 17.3 Å². The predicted octanol–water partition coefficient (Wildman–Crippen LogP) is 6.70. The average molecular weight is 436 g/mol. The van der Waals surface area contributed by atoms with Gasteiger partial charge in [-0.3, -0.25) is 9.88 Å². The lowest BCUT2D eigenvalue weighted by atomic mass is 9.92. The van der Waals surface area contributed by atoms with Crippen molar-refractivity contribution in [3.05, 3.63) is 87.5 Å². The van der Waals surface area contributed by atoms with Crippen LogP contribution in [0.25, 0.3) is 11.3 Å². The highest BCUT2D eigenvalue weighted by molar-refractivity contribution is 6.35. The Balaban J connectivity index is 1.72. The zero-order valence-electron chi connectivity index (χ0n) is 16.7. The first-order valence-corrected chi connectivity index (χ1v) is 11.0. The van der Waals surface area contributed by atoms with E-state index in [1.807, 2.05) is 36.5 Å². The van der Waals surface area contributed by atoms with Gasteiger partial charge in [0.15, 0.2) is 0 Å². The lowest BCUT2D eigenvalue weighted by molar-refractivity contribution is 0.162. The molecule has 1 aromatic heterocycles. The Hall–Kier alpha value is -2.38. The SMILES string of the molecule is N#Cc1ccc(C(Cc2cccnc2-c2cc(Cl)cc(Cl)c2)N2CCCCC2)cc1. The molecule has 0 amide bonds. The second kappa shape index (κ2) is 9.62. The van der Waals surface area contributed by atoms with Gasteiger partial charge in [0.2, 0.25) is 0 Å². The molecule has 5 heteroatoms. The van der Waals surface area contributed by atoms with Crippen molar-refractivity contribution in [1.82, 2.24) is 9.88 Å². The van der Waals surface area contributed by atoms with Gasteiger partial charge in [-0.2, -0.15) is 5.26 Å². The summed E-state index contributed by atoms with van der Waals surface area (Å²) < 4.78 is 0. The number of aromatic nitrogens is 1. The van der Waals surface area contributed by atoms with Crippen LogP contribution in [-0.4, -0.2) is 23.0 Å². The Morgan fingerprint density at radius 3 is 2.33 bits per heavy atom. The van der Waals surface area contributed by atoms with Crippen molar-refractivity contribution in [3.8, 4) is 17.3 Å². The minimum Gasteiger partial charge on any atom is -0.296 e. The van der Waals surface area contributed by atoms with Crippen LogP contribution in [0.4, 0.5) is 0 Å². The maximum absolute atomic E-state index is 9.17. The van der Waals surface area contributed by atoms with E-state index in [4.69, 9.17) is 28.5 Å². The number of hydrogen-bond acceptors (Lipinski definition) is 3. The Kier molecular flexibility index (Phi) is 6.69. The van der Waals surface area contributed by atoms with Crippen molar-refractivity contribution in [2.75, 3.05) is 13.1 Å². The molecular weight excluding hydrogens is 413 g/mol. The molecule has 1 atom stereocenters. The van der Waals surface area contributed by atoms with Crippen LogP contribution in [0.2, 0.25) is 10.0 Å². The van der Waals surface area contributed by atoms with E-state index in [-0.39, 0.29) is 6.04 Å². The molecule has 30 heavy (non-hydrogen) atoms. The van der Waals surface area contributed by atoms with Crippen LogP contribution >= 0.6 is 23.2 Å². The Labute approximate surface area is 187 Å². The second-order valence-electron chi connectivity index (χ2n) is 7.72. The summed E-state index contributed by atoms with van der Waals surface area (Å²) in [6.07, 6.45) is 6.37. The molecule has 0 bridgehead atoms. The van der Waals surface area contributed by atoms with Gasteiger partial charge in [0.25, 0.3) is 0 Å². The number of rotatable bonds is 5. The molecule has 0 radical (unpaired) electrons. The van der Waals surface area contributed by atoms with E-state index < -0.39 is 0 Å². The van der Waals surface area contributed by atoms with E-state index in [0.717, 1.165) is 36.3 Å². The monoisotopic (exact) mass is 435 g/mol. The number of hydrogen-bond donors (Lipinski definition) is 0. The van der Waals surface area contributed by atoms with E-state index in [1.54, 1.807) is 6.07 Å². The molecule has 0 N–H and O–H groups in total. The molecule has 4 rings (SSSR count). The van der Waals surface area contributed by atoms with Crippen LogP contribution in [0.5, 0.6) is 0 Å². The largest absolute Gasteiger partial charge is 0.296 e. The topological polar surface area (TPSA) is 39.9 Å². The van der Waals surface area contributed by atoms with E-state index in [1.165, 1.54) is 24.8 Å². The van der Waals surface area contributed by atoms with Crippen LogP contribution < -0.4 is 0 Å². The lowest BCUT2D eigenvalue weighted by Gasteiger charge is -2.35. The number of nitriles is 1. The third kappa shape index (κ3) is 4.84. The van der Waals surface area contributed by atoms with E-state index in [2.05, 4.69) is 34.2 Å². The fourth-order valence-electron chi connectivity index (χ4n) is 4.23. The summed E-state index contributed by atoms with van der Waals surface area (Å²) in [5, 5.41) is 10.4. The third-order valence-corrected chi connectivity index (χ3v) is 6.13.